The van der Waals surface area contributed by atoms with Crippen LogP contribution in [0.15, 0.2) is 24.3 Å². The molecule has 0 aliphatic carbocycles. The summed E-state index contributed by atoms with van der Waals surface area (Å²) in [6.07, 6.45) is -2.91. The number of carbonyl (C=O) groups is 3. The van der Waals surface area contributed by atoms with Gasteiger partial charge in [-0.1, -0.05) is 19.1 Å². The molecule has 6 N–H and O–H groups in total. The molecule has 1 aromatic heterocycles. The van der Waals surface area contributed by atoms with Gasteiger partial charge in [-0.3, -0.25) is 15.0 Å². The molecule has 32 heavy (non-hydrogen) atoms. The second-order valence-electron chi connectivity index (χ2n) is 6.51. The van der Waals surface area contributed by atoms with Crippen LogP contribution >= 0.6 is 11.3 Å². The number of carboxylic acids is 1. The average molecular weight is 475 g/mol. The van der Waals surface area contributed by atoms with E-state index < -0.39 is 18.2 Å². The predicted molar refractivity (Wildman–Crippen MR) is 114 cm³/mol. The summed E-state index contributed by atoms with van der Waals surface area (Å²) in [5, 5.41) is 20.2. The minimum Gasteiger partial charge on any atom is -0.475 e. The Labute approximate surface area is 185 Å². The number of nitrogens with zero attached hydrogens (tertiary/aromatic N) is 1. The van der Waals surface area contributed by atoms with Crippen molar-refractivity contribution in [3.05, 3.63) is 29.3 Å². The van der Waals surface area contributed by atoms with Crippen LogP contribution in [0.5, 0.6) is 0 Å². The fraction of sp³-hybridized carbons (Fsp3) is 0.421. The Balaban J connectivity index is 0.000000633. The molecule has 0 bridgehead atoms. The molecule has 0 saturated heterocycles. The van der Waals surface area contributed by atoms with E-state index in [-0.39, 0.29) is 17.6 Å². The van der Waals surface area contributed by atoms with Gasteiger partial charge in [0.05, 0.1) is 16.3 Å². The van der Waals surface area contributed by atoms with Crippen molar-refractivity contribution in [1.29, 1.82) is 5.41 Å². The van der Waals surface area contributed by atoms with Crippen LogP contribution in [0.25, 0.3) is 10.2 Å². The topological polar surface area (TPSA) is 158 Å². The molecule has 0 radical (unpaired) electrons. The number of aliphatic carboxylic acids is 1. The van der Waals surface area contributed by atoms with Crippen LogP contribution in [0.4, 0.5) is 13.2 Å². The smallest absolute Gasteiger partial charge is 0.475 e. The quantitative estimate of drug-likeness (QED) is 0.161. The number of carboxylic acid groups (broad SMARTS) is 1. The lowest BCUT2D eigenvalue weighted by molar-refractivity contribution is -0.192. The molecule has 1 unspecified atom stereocenters. The molecule has 0 fully saturated rings. The molecular weight excluding hydrogens is 451 g/mol. The van der Waals surface area contributed by atoms with E-state index >= 15 is 0 Å². The first kappa shape index (κ1) is 26.8. The highest BCUT2D eigenvalue weighted by molar-refractivity contribution is 7.20. The molecule has 1 aromatic carbocycles. The lowest BCUT2D eigenvalue weighted by atomic mass is 10.1. The Morgan fingerprint density at radius 3 is 2.44 bits per heavy atom. The summed E-state index contributed by atoms with van der Waals surface area (Å²) < 4.78 is 32.7. The zero-order valence-electron chi connectivity index (χ0n) is 17.2. The van der Waals surface area contributed by atoms with E-state index in [1.165, 1.54) is 11.3 Å². The summed E-state index contributed by atoms with van der Waals surface area (Å²) >= 11 is 1.34. The van der Waals surface area contributed by atoms with Gasteiger partial charge < -0.3 is 21.5 Å². The second kappa shape index (κ2) is 12.6. The number of amides is 1. The number of guanidine groups is 1. The zero-order valence-corrected chi connectivity index (χ0v) is 18.0. The van der Waals surface area contributed by atoms with Crippen LogP contribution in [0.3, 0.4) is 0 Å². The van der Waals surface area contributed by atoms with Crippen LogP contribution in [-0.2, 0) is 9.59 Å². The lowest BCUT2D eigenvalue weighted by Gasteiger charge is -2.16. The summed E-state index contributed by atoms with van der Waals surface area (Å²) in [6, 6.07) is 6.95. The summed E-state index contributed by atoms with van der Waals surface area (Å²) in [5.41, 5.74) is 6.04. The molecule has 1 atom stereocenters. The number of fused-ring (bicyclic) bond motifs is 1. The molecule has 0 aliphatic heterocycles. The minimum absolute atomic E-state index is 0.107. The summed E-state index contributed by atoms with van der Waals surface area (Å²) in [5.74, 6) is -3.17. The van der Waals surface area contributed by atoms with Gasteiger partial charge in [0.1, 0.15) is 0 Å². The Hall–Kier alpha value is -3.22. The fourth-order valence-electron chi connectivity index (χ4n) is 2.42. The van der Waals surface area contributed by atoms with Crippen molar-refractivity contribution >= 4 is 45.2 Å². The van der Waals surface area contributed by atoms with Gasteiger partial charge >= 0.3 is 12.1 Å². The number of hydrogen-bond acceptors (Lipinski definition) is 6. The number of carbonyl (C=O) groups excluding carboxylic acids is 2. The zero-order chi connectivity index (χ0) is 24.3. The van der Waals surface area contributed by atoms with Gasteiger partial charge in [-0.15, -0.1) is 11.3 Å². The molecule has 176 valence electrons. The molecule has 0 aliphatic rings. The molecule has 1 amide bonds. The number of nitrogens with two attached hydrogens (primary N) is 1. The molecule has 0 spiro atoms. The number of ketones is 1. The van der Waals surface area contributed by atoms with Gasteiger partial charge in [-0.25, -0.2) is 9.78 Å². The molecule has 13 heteroatoms. The van der Waals surface area contributed by atoms with Crippen LogP contribution < -0.4 is 16.4 Å². The third kappa shape index (κ3) is 9.29. The first-order valence-electron chi connectivity index (χ1n) is 9.52. The van der Waals surface area contributed by atoms with Crippen LogP contribution in [0, 0.1) is 5.41 Å². The summed E-state index contributed by atoms with van der Waals surface area (Å²) in [6.45, 7) is 2.39. The Bertz CT molecular complexity index is 915. The maximum absolute atomic E-state index is 12.8. The van der Waals surface area contributed by atoms with Crippen LogP contribution in [0.1, 0.15) is 42.4 Å². The maximum Gasteiger partial charge on any atom is 0.490 e. The highest BCUT2D eigenvalue weighted by Gasteiger charge is 2.38. The Morgan fingerprint density at radius 2 is 1.91 bits per heavy atom. The number of rotatable bonds is 9. The average Bonchev–Trinajstić information content (AvgIpc) is 3.13. The van der Waals surface area contributed by atoms with E-state index in [0.717, 1.165) is 16.6 Å². The van der Waals surface area contributed by atoms with Gasteiger partial charge in [-0.05, 0) is 31.4 Å². The third-order valence-electron chi connectivity index (χ3n) is 3.86. The normalized spacial score (nSPS) is 11.8. The molecule has 0 saturated carbocycles. The Kier molecular flexibility index (Phi) is 10.5. The van der Waals surface area contributed by atoms with Gasteiger partial charge in [0.2, 0.25) is 11.7 Å². The van der Waals surface area contributed by atoms with Gasteiger partial charge in [0, 0.05) is 13.0 Å². The van der Waals surface area contributed by atoms with Crippen LogP contribution in [-0.4, -0.2) is 52.5 Å². The van der Waals surface area contributed by atoms with Gasteiger partial charge in [-0.2, -0.15) is 13.2 Å². The lowest BCUT2D eigenvalue weighted by Crippen LogP contribution is -2.41. The molecule has 9 nitrogen and oxygen atoms in total. The van der Waals surface area contributed by atoms with Gasteiger partial charge in [0.15, 0.2) is 11.0 Å². The van der Waals surface area contributed by atoms with Gasteiger partial charge in [0.25, 0.3) is 0 Å². The number of aromatic nitrogens is 1. The predicted octanol–water partition coefficient (Wildman–Crippen LogP) is 2.66. The molecule has 2 aromatic rings. The fourth-order valence-corrected chi connectivity index (χ4v) is 3.38. The van der Waals surface area contributed by atoms with Crippen molar-refractivity contribution in [2.75, 3.05) is 6.54 Å². The first-order chi connectivity index (χ1) is 15.0. The van der Waals surface area contributed by atoms with Crippen molar-refractivity contribution in [2.24, 2.45) is 5.73 Å². The van der Waals surface area contributed by atoms with Crippen molar-refractivity contribution in [2.45, 2.75) is 44.8 Å². The number of hydrogen-bond donors (Lipinski definition) is 5. The van der Waals surface area contributed by atoms with Crippen molar-refractivity contribution in [3.8, 4) is 0 Å². The number of halogens is 3. The molecular formula is C19H24F3N5O4S. The monoisotopic (exact) mass is 475 g/mol. The Morgan fingerprint density at radius 1 is 1.28 bits per heavy atom. The van der Waals surface area contributed by atoms with E-state index in [9.17, 15) is 22.8 Å². The number of benzene rings is 1. The van der Waals surface area contributed by atoms with E-state index in [4.69, 9.17) is 21.0 Å². The first-order valence-corrected chi connectivity index (χ1v) is 10.3. The summed E-state index contributed by atoms with van der Waals surface area (Å²) in [4.78, 5) is 38.1. The van der Waals surface area contributed by atoms with E-state index in [0.29, 0.717) is 30.8 Å². The minimum atomic E-state index is -5.08. The number of Topliss-reactive ketones (excluding diaryl/α,β-unsaturated/α-hetero) is 1. The van der Waals surface area contributed by atoms with Crippen molar-refractivity contribution in [1.82, 2.24) is 15.6 Å². The highest BCUT2D eigenvalue weighted by atomic mass is 32.1. The second-order valence-corrected chi connectivity index (χ2v) is 7.54. The standard InChI is InChI=1S/C17H23N5O2S.C2HF3O2/c1-2-6-14(23)21-12(8-5-10-20-17(18)19)15(24)16-22-11-7-3-4-9-13(11)25-16;3-2(4,5)1(6)7/h3-4,7,9,12H,2,5-6,8,10H2,1H3,(H,21,23)(H4,18,19,20);(H,6,7). The van der Waals surface area contributed by atoms with Crippen molar-refractivity contribution < 1.29 is 32.7 Å². The molecule has 2 rings (SSSR count). The SMILES string of the molecule is CCCC(=O)NC(CCCNC(=N)N)C(=O)c1nc2ccccc2s1.O=C(O)C(F)(F)F. The largest absolute Gasteiger partial charge is 0.490 e. The van der Waals surface area contributed by atoms with E-state index in [2.05, 4.69) is 15.6 Å². The number of thiazole rings is 1. The third-order valence-corrected chi connectivity index (χ3v) is 4.91. The number of para-hydroxylation sites is 1. The van der Waals surface area contributed by atoms with E-state index in [1.807, 2.05) is 31.2 Å². The number of nitrogens with one attached hydrogen (secondary N) is 3. The highest BCUT2D eigenvalue weighted by Crippen LogP contribution is 2.23. The van der Waals surface area contributed by atoms with Crippen molar-refractivity contribution in [3.63, 3.8) is 0 Å². The number of alkyl halides is 3. The molecule has 1 heterocycles. The summed E-state index contributed by atoms with van der Waals surface area (Å²) in [7, 11) is 0. The van der Waals surface area contributed by atoms with E-state index in [1.54, 1.807) is 0 Å². The maximum atomic E-state index is 12.8. The van der Waals surface area contributed by atoms with Crippen LogP contribution in [0.2, 0.25) is 0 Å².